The van der Waals surface area contributed by atoms with Crippen molar-refractivity contribution in [1.29, 1.82) is 0 Å². The Morgan fingerprint density at radius 1 is 1.39 bits per heavy atom. The molecule has 0 saturated carbocycles. The van der Waals surface area contributed by atoms with Gasteiger partial charge < -0.3 is 4.74 Å². The summed E-state index contributed by atoms with van der Waals surface area (Å²) in [5, 5.41) is 0. The second kappa shape index (κ2) is 4.95. The van der Waals surface area contributed by atoms with Gasteiger partial charge in [-0.2, -0.15) is 0 Å². The average Bonchev–Trinajstić information content (AvgIpc) is 2.28. The van der Waals surface area contributed by atoms with Crippen LogP contribution in [0.1, 0.15) is 19.8 Å². The molecule has 0 aliphatic carbocycles. The van der Waals surface area contributed by atoms with Crippen molar-refractivity contribution in [1.82, 2.24) is 4.72 Å². The summed E-state index contributed by atoms with van der Waals surface area (Å²) >= 11 is 0. The van der Waals surface area contributed by atoms with Crippen LogP contribution in [-0.4, -0.2) is 27.2 Å². The molecule has 1 fully saturated rings. The Morgan fingerprint density at radius 2 is 2.11 bits per heavy atom. The van der Waals surface area contributed by atoms with E-state index in [-0.39, 0.29) is 4.90 Å². The first-order chi connectivity index (χ1) is 8.43. The van der Waals surface area contributed by atoms with Crippen LogP contribution in [0, 0.1) is 5.82 Å². The maximum absolute atomic E-state index is 13.5. The molecule has 1 heterocycles. The Hall–Kier alpha value is -0.980. The van der Waals surface area contributed by atoms with Crippen molar-refractivity contribution in [3.8, 4) is 0 Å². The van der Waals surface area contributed by atoms with E-state index in [9.17, 15) is 12.8 Å². The smallest absolute Gasteiger partial charge is 0.244 e. The van der Waals surface area contributed by atoms with Crippen LogP contribution >= 0.6 is 0 Å². The summed E-state index contributed by atoms with van der Waals surface area (Å²) in [6, 6.07) is 5.34. The summed E-state index contributed by atoms with van der Waals surface area (Å²) < 4.78 is 45.6. The van der Waals surface area contributed by atoms with Gasteiger partial charge in [0.2, 0.25) is 10.0 Å². The summed E-state index contributed by atoms with van der Waals surface area (Å²) in [5.74, 6) is -0.745. The molecule has 1 aromatic rings. The number of benzene rings is 1. The van der Waals surface area contributed by atoms with Crippen molar-refractivity contribution >= 4 is 10.0 Å². The Kier molecular flexibility index (Phi) is 3.70. The van der Waals surface area contributed by atoms with Crippen molar-refractivity contribution in [2.45, 2.75) is 30.2 Å². The minimum Gasteiger partial charge on any atom is -0.380 e. The van der Waals surface area contributed by atoms with E-state index in [0.717, 1.165) is 12.5 Å². The van der Waals surface area contributed by atoms with Crippen LogP contribution in [0.3, 0.4) is 0 Å². The summed E-state index contributed by atoms with van der Waals surface area (Å²) in [6.45, 7) is 2.71. The third-order valence-corrected chi connectivity index (χ3v) is 4.62. The summed E-state index contributed by atoms with van der Waals surface area (Å²) in [7, 11) is -3.85. The van der Waals surface area contributed by atoms with Gasteiger partial charge in [0.1, 0.15) is 10.7 Å². The van der Waals surface area contributed by atoms with Gasteiger partial charge >= 0.3 is 0 Å². The quantitative estimate of drug-likeness (QED) is 0.911. The molecule has 1 aromatic carbocycles. The molecule has 1 N–H and O–H groups in total. The minimum absolute atomic E-state index is 0.306. The van der Waals surface area contributed by atoms with Crippen LogP contribution in [0.15, 0.2) is 29.2 Å². The third-order valence-electron chi connectivity index (χ3n) is 2.94. The Balaban J connectivity index is 2.25. The number of halogens is 1. The van der Waals surface area contributed by atoms with E-state index in [4.69, 9.17) is 4.74 Å². The second-order valence-corrected chi connectivity index (χ2v) is 6.40. The lowest BCUT2D eigenvalue weighted by Gasteiger charge is -2.33. The van der Waals surface area contributed by atoms with Crippen LogP contribution < -0.4 is 4.72 Å². The highest BCUT2D eigenvalue weighted by atomic mass is 32.2. The fraction of sp³-hybridized carbons (Fsp3) is 0.500. The Bertz CT molecular complexity index is 524. The van der Waals surface area contributed by atoms with E-state index in [1.54, 1.807) is 6.92 Å². The fourth-order valence-electron chi connectivity index (χ4n) is 2.06. The van der Waals surface area contributed by atoms with Gasteiger partial charge in [0.25, 0.3) is 0 Å². The molecule has 2 rings (SSSR count). The third kappa shape index (κ3) is 2.88. The van der Waals surface area contributed by atoms with Gasteiger partial charge in [0, 0.05) is 6.61 Å². The van der Waals surface area contributed by atoms with Gasteiger partial charge in [-0.3, -0.25) is 0 Å². The van der Waals surface area contributed by atoms with E-state index in [1.807, 2.05) is 0 Å². The van der Waals surface area contributed by atoms with Gasteiger partial charge in [0.05, 0.1) is 12.1 Å². The Morgan fingerprint density at radius 3 is 2.72 bits per heavy atom. The van der Waals surface area contributed by atoms with Gasteiger partial charge in [-0.15, -0.1) is 0 Å². The monoisotopic (exact) mass is 273 g/mol. The van der Waals surface area contributed by atoms with Crippen LogP contribution in [0.5, 0.6) is 0 Å². The highest BCUT2D eigenvalue weighted by Gasteiger charge is 2.33. The number of rotatable bonds is 3. The highest BCUT2D eigenvalue weighted by Crippen LogP contribution is 2.22. The van der Waals surface area contributed by atoms with E-state index in [0.29, 0.717) is 19.6 Å². The lowest BCUT2D eigenvalue weighted by atomic mass is 9.97. The zero-order valence-corrected chi connectivity index (χ0v) is 11.0. The van der Waals surface area contributed by atoms with Crippen molar-refractivity contribution in [2.24, 2.45) is 0 Å². The first-order valence-corrected chi connectivity index (χ1v) is 7.28. The molecular formula is C12H16FNO3S. The first-order valence-electron chi connectivity index (χ1n) is 5.79. The summed E-state index contributed by atoms with van der Waals surface area (Å²) in [4.78, 5) is -0.322. The molecule has 1 saturated heterocycles. The molecule has 1 unspecified atom stereocenters. The van der Waals surface area contributed by atoms with E-state index in [2.05, 4.69) is 4.72 Å². The minimum atomic E-state index is -3.85. The van der Waals surface area contributed by atoms with Crippen molar-refractivity contribution in [2.75, 3.05) is 13.2 Å². The van der Waals surface area contributed by atoms with Crippen molar-refractivity contribution in [3.05, 3.63) is 30.1 Å². The molecule has 18 heavy (non-hydrogen) atoms. The summed E-state index contributed by atoms with van der Waals surface area (Å²) in [5.41, 5.74) is -0.667. The summed E-state index contributed by atoms with van der Waals surface area (Å²) in [6.07, 6.45) is 1.47. The molecular weight excluding hydrogens is 257 g/mol. The second-order valence-electron chi connectivity index (χ2n) is 4.75. The fourth-order valence-corrected chi connectivity index (χ4v) is 3.56. The molecule has 0 amide bonds. The lowest BCUT2D eigenvalue weighted by molar-refractivity contribution is 0.0386. The average molecular weight is 273 g/mol. The number of hydrogen-bond acceptors (Lipinski definition) is 3. The number of ether oxygens (including phenoxy) is 1. The highest BCUT2D eigenvalue weighted by molar-refractivity contribution is 7.89. The standard InChI is InChI=1S/C12H16FNO3S/c1-12(7-4-8-17-9-12)14-18(15,16)11-6-3-2-5-10(11)13/h2-3,5-6,14H,4,7-9H2,1H3. The molecule has 0 bridgehead atoms. The van der Waals surface area contributed by atoms with Gasteiger partial charge in [-0.05, 0) is 31.9 Å². The number of hydrogen-bond donors (Lipinski definition) is 1. The van der Waals surface area contributed by atoms with Crippen LogP contribution in [0.4, 0.5) is 4.39 Å². The molecule has 4 nitrogen and oxygen atoms in total. The largest absolute Gasteiger partial charge is 0.380 e. The maximum Gasteiger partial charge on any atom is 0.244 e. The van der Waals surface area contributed by atoms with Gasteiger partial charge in [-0.1, -0.05) is 12.1 Å². The van der Waals surface area contributed by atoms with E-state index >= 15 is 0 Å². The molecule has 0 spiro atoms. The molecule has 100 valence electrons. The van der Waals surface area contributed by atoms with Crippen molar-refractivity contribution in [3.63, 3.8) is 0 Å². The normalized spacial score (nSPS) is 25.0. The zero-order chi connectivity index (χ0) is 13.2. The number of nitrogens with one attached hydrogen (secondary N) is 1. The van der Waals surface area contributed by atoms with E-state index < -0.39 is 21.4 Å². The molecule has 6 heteroatoms. The predicted octanol–water partition coefficient (Wildman–Crippen LogP) is 1.67. The molecule has 0 aromatic heterocycles. The Labute approximate surface area is 106 Å². The van der Waals surface area contributed by atoms with E-state index in [1.165, 1.54) is 18.2 Å². The van der Waals surface area contributed by atoms with Crippen LogP contribution in [-0.2, 0) is 14.8 Å². The molecule has 1 atom stereocenters. The van der Waals surface area contributed by atoms with Crippen LogP contribution in [0.25, 0.3) is 0 Å². The lowest BCUT2D eigenvalue weighted by Crippen LogP contribution is -2.51. The molecule has 0 radical (unpaired) electrons. The van der Waals surface area contributed by atoms with Gasteiger partial charge in [0.15, 0.2) is 0 Å². The molecule has 1 aliphatic heterocycles. The van der Waals surface area contributed by atoms with Crippen LogP contribution in [0.2, 0.25) is 0 Å². The predicted molar refractivity (Wildman–Crippen MR) is 65.2 cm³/mol. The maximum atomic E-state index is 13.5. The topological polar surface area (TPSA) is 55.4 Å². The first kappa shape index (κ1) is 13.5. The number of sulfonamides is 1. The molecule has 1 aliphatic rings. The zero-order valence-electron chi connectivity index (χ0n) is 10.1. The van der Waals surface area contributed by atoms with Gasteiger partial charge in [-0.25, -0.2) is 17.5 Å². The van der Waals surface area contributed by atoms with Crippen molar-refractivity contribution < 1.29 is 17.5 Å². The SMILES string of the molecule is CC1(NS(=O)(=O)c2ccccc2F)CCCOC1.